The maximum absolute atomic E-state index is 12.8. The van der Waals surface area contributed by atoms with Gasteiger partial charge in [0.15, 0.2) is 23.1 Å². The Hall–Kier alpha value is -4.62. The van der Waals surface area contributed by atoms with E-state index in [1.165, 1.54) is 33.6 Å². The largest absolute Gasteiger partial charge is 0.493 e. The number of aromatic nitrogens is 4. The van der Waals surface area contributed by atoms with Crippen LogP contribution in [0.3, 0.4) is 0 Å². The van der Waals surface area contributed by atoms with Gasteiger partial charge in [0.2, 0.25) is 5.75 Å². The van der Waals surface area contributed by atoms with Crippen LogP contribution in [0.5, 0.6) is 23.1 Å². The average Bonchev–Trinajstić information content (AvgIpc) is 2.97. The van der Waals surface area contributed by atoms with Gasteiger partial charge in [0.25, 0.3) is 17.1 Å². The van der Waals surface area contributed by atoms with Gasteiger partial charge in [-0.1, -0.05) is 32.0 Å². The quantitative estimate of drug-likeness (QED) is 0.206. The lowest BCUT2D eigenvalue weighted by atomic mass is 10.1. The summed E-state index contributed by atoms with van der Waals surface area (Å²) in [5.41, 5.74) is 1.32. The fourth-order valence-corrected chi connectivity index (χ4v) is 4.17. The molecular formula is C27H27N5O7S. The molecule has 0 spiro atoms. The van der Waals surface area contributed by atoms with Crippen molar-refractivity contribution in [3.05, 3.63) is 72.2 Å². The van der Waals surface area contributed by atoms with E-state index >= 15 is 0 Å². The van der Waals surface area contributed by atoms with Crippen molar-refractivity contribution in [1.82, 2.24) is 19.9 Å². The first-order chi connectivity index (χ1) is 19.3. The van der Waals surface area contributed by atoms with E-state index < -0.39 is 17.2 Å². The SMILES string of the molecule is COC(=O)c1cc(-c2nc(OC)c(Oc3ccccc3OC)c(N(c3ccc(C(C)C)cn3)S(=O)O)n2)ccn1. The minimum absolute atomic E-state index is 0.0204. The number of hydrogen-bond acceptors (Lipinski definition) is 10. The number of carbonyl (C=O) groups excluding carboxylic acids is 1. The molecule has 0 saturated carbocycles. The molecule has 0 aliphatic heterocycles. The first kappa shape index (κ1) is 28.4. The van der Waals surface area contributed by atoms with E-state index in [2.05, 4.69) is 19.9 Å². The number of ether oxygens (including phenoxy) is 4. The highest BCUT2D eigenvalue weighted by Crippen LogP contribution is 2.44. The van der Waals surface area contributed by atoms with Gasteiger partial charge in [-0.25, -0.2) is 24.0 Å². The Kier molecular flexibility index (Phi) is 8.86. The highest BCUT2D eigenvalue weighted by molar-refractivity contribution is 7.81. The number of esters is 1. The number of pyridine rings is 2. The molecule has 0 saturated heterocycles. The van der Waals surface area contributed by atoms with Gasteiger partial charge in [-0.3, -0.25) is 4.55 Å². The summed E-state index contributed by atoms with van der Waals surface area (Å²) >= 11 is -2.66. The van der Waals surface area contributed by atoms with Crippen molar-refractivity contribution < 1.29 is 32.5 Å². The molecule has 1 aromatic carbocycles. The van der Waals surface area contributed by atoms with E-state index in [0.717, 1.165) is 9.87 Å². The number of nitrogens with zero attached hydrogens (tertiary/aromatic N) is 5. The standard InChI is InChI=1S/C27H27N5O7S/c1-16(2)18-10-11-22(29-15-18)32(40(34)35)25-23(39-21-9-7-6-8-20(21)36-3)26(37-4)31-24(30-25)17-12-13-28-19(14-17)27(33)38-5/h6-16H,1-5H3,(H,34,35). The van der Waals surface area contributed by atoms with E-state index in [9.17, 15) is 13.6 Å². The number of rotatable bonds is 10. The molecule has 0 radical (unpaired) electrons. The Balaban J connectivity index is 1.96. The highest BCUT2D eigenvalue weighted by Gasteiger charge is 2.29. The lowest BCUT2D eigenvalue weighted by Crippen LogP contribution is -2.23. The van der Waals surface area contributed by atoms with E-state index in [1.807, 2.05) is 13.8 Å². The van der Waals surface area contributed by atoms with Crippen LogP contribution in [0.4, 0.5) is 11.6 Å². The maximum Gasteiger partial charge on any atom is 0.356 e. The number of anilines is 2. The number of methoxy groups -OCH3 is 3. The topological polar surface area (TPSA) is 146 Å². The molecule has 0 bridgehead atoms. The van der Waals surface area contributed by atoms with Gasteiger partial charge in [0.05, 0.1) is 21.3 Å². The molecule has 3 heterocycles. The van der Waals surface area contributed by atoms with Crippen molar-refractivity contribution in [2.45, 2.75) is 19.8 Å². The van der Waals surface area contributed by atoms with Crippen molar-refractivity contribution in [2.24, 2.45) is 0 Å². The molecule has 12 nitrogen and oxygen atoms in total. The number of carbonyl (C=O) groups is 1. The molecular weight excluding hydrogens is 538 g/mol. The molecule has 208 valence electrons. The zero-order chi connectivity index (χ0) is 28.8. The van der Waals surface area contributed by atoms with Crippen LogP contribution in [-0.4, -0.2) is 56.0 Å². The minimum atomic E-state index is -2.66. The van der Waals surface area contributed by atoms with Crippen LogP contribution < -0.4 is 18.5 Å². The first-order valence-electron chi connectivity index (χ1n) is 12.0. The second-order valence-corrected chi connectivity index (χ2v) is 9.34. The fraction of sp³-hybridized carbons (Fsp3) is 0.222. The smallest absolute Gasteiger partial charge is 0.356 e. The summed E-state index contributed by atoms with van der Waals surface area (Å²) in [7, 11) is 4.09. The third-order valence-electron chi connectivity index (χ3n) is 5.70. The second-order valence-electron chi connectivity index (χ2n) is 8.51. The fourth-order valence-electron chi connectivity index (χ4n) is 3.63. The Labute approximate surface area is 233 Å². The van der Waals surface area contributed by atoms with E-state index in [1.54, 1.807) is 48.7 Å². The summed E-state index contributed by atoms with van der Waals surface area (Å²) in [5, 5.41) is 0. The molecule has 40 heavy (non-hydrogen) atoms. The van der Waals surface area contributed by atoms with Gasteiger partial charge >= 0.3 is 5.97 Å². The normalized spacial score (nSPS) is 11.6. The van der Waals surface area contributed by atoms with Gasteiger partial charge in [-0.2, -0.15) is 9.29 Å². The molecule has 1 atom stereocenters. The second kappa shape index (κ2) is 12.5. The molecule has 13 heteroatoms. The zero-order valence-electron chi connectivity index (χ0n) is 22.4. The van der Waals surface area contributed by atoms with Crippen molar-refractivity contribution in [3.8, 4) is 34.5 Å². The lowest BCUT2D eigenvalue weighted by Gasteiger charge is -2.23. The Bertz CT molecular complexity index is 1530. The van der Waals surface area contributed by atoms with Gasteiger partial charge in [-0.05, 0) is 41.8 Å². The molecule has 3 aromatic heterocycles. The number of hydrogen-bond donors (Lipinski definition) is 1. The lowest BCUT2D eigenvalue weighted by molar-refractivity contribution is 0.0594. The van der Waals surface area contributed by atoms with Crippen LogP contribution in [0.15, 0.2) is 60.9 Å². The summed E-state index contributed by atoms with van der Waals surface area (Å²) in [6.07, 6.45) is 3.01. The zero-order valence-corrected chi connectivity index (χ0v) is 23.2. The molecule has 0 amide bonds. The molecule has 1 unspecified atom stereocenters. The van der Waals surface area contributed by atoms with Gasteiger partial charge in [0.1, 0.15) is 11.5 Å². The van der Waals surface area contributed by atoms with E-state index in [-0.39, 0.29) is 46.5 Å². The van der Waals surface area contributed by atoms with Crippen LogP contribution >= 0.6 is 0 Å². The first-order valence-corrected chi connectivity index (χ1v) is 13.0. The number of para-hydroxylation sites is 2. The molecule has 0 aliphatic rings. The van der Waals surface area contributed by atoms with Crippen LogP contribution in [0.1, 0.15) is 35.8 Å². The Morgan fingerprint density at radius 1 is 0.975 bits per heavy atom. The Morgan fingerprint density at radius 2 is 1.73 bits per heavy atom. The van der Waals surface area contributed by atoms with Crippen LogP contribution in [0.2, 0.25) is 0 Å². The van der Waals surface area contributed by atoms with Crippen molar-refractivity contribution >= 4 is 28.9 Å². The maximum atomic E-state index is 12.8. The monoisotopic (exact) mass is 565 g/mol. The average molecular weight is 566 g/mol. The van der Waals surface area contributed by atoms with Crippen LogP contribution in [0.25, 0.3) is 11.4 Å². The van der Waals surface area contributed by atoms with Crippen molar-refractivity contribution in [2.75, 3.05) is 25.6 Å². The predicted octanol–water partition coefficient (Wildman–Crippen LogP) is 4.93. The third-order valence-corrected chi connectivity index (χ3v) is 6.37. The summed E-state index contributed by atoms with van der Waals surface area (Å²) in [5.74, 6) is 0.129. The molecule has 1 N–H and O–H groups in total. The van der Waals surface area contributed by atoms with Crippen LogP contribution in [-0.2, 0) is 16.0 Å². The Morgan fingerprint density at radius 3 is 2.33 bits per heavy atom. The van der Waals surface area contributed by atoms with Gasteiger partial charge in [-0.15, -0.1) is 0 Å². The number of benzene rings is 1. The highest BCUT2D eigenvalue weighted by atomic mass is 32.2. The summed E-state index contributed by atoms with van der Waals surface area (Å²) in [6, 6.07) is 13.3. The predicted molar refractivity (Wildman–Crippen MR) is 147 cm³/mol. The van der Waals surface area contributed by atoms with Crippen molar-refractivity contribution in [3.63, 3.8) is 0 Å². The minimum Gasteiger partial charge on any atom is -0.493 e. The summed E-state index contributed by atoms with van der Waals surface area (Å²) in [6.45, 7) is 4.02. The third kappa shape index (κ3) is 6.00. The molecule has 4 rings (SSSR count). The summed E-state index contributed by atoms with van der Waals surface area (Å²) < 4.78 is 46.2. The summed E-state index contributed by atoms with van der Waals surface area (Å²) in [4.78, 5) is 29.6. The van der Waals surface area contributed by atoms with Gasteiger partial charge in [0, 0.05) is 18.0 Å². The molecule has 0 fully saturated rings. The molecule has 0 aliphatic carbocycles. The van der Waals surface area contributed by atoms with E-state index in [0.29, 0.717) is 11.3 Å². The van der Waals surface area contributed by atoms with Crippen molar-refractivity contribution in [1.29, 1.82) is 0 Å². The van der Waals surface area contributed by atoms with Crippen LogP contribution in [0, 0.1) is 0 Å². The van der Waals surface area contributed by atoms with Gasteiger partial charge < -0.3 is 18.9 Å². The molecule has 4 aromatic rings. The van der Waals surface area contributed by atoms with E-state index in [4.69, 9.17) is 18.9 Å².